The van der Waals surface area contributed by atoms with Gasteiger partial charge in [0.1, 0.15) is 11.6 Å². The average molecular weight is 499 g/mol. The average Bonchev–Trinajstić information content (AvgIpc) is 2.84. The summed E-state index contributed by atoms with van der Waals surface area (Å²) in [5, 5.41) is 8.82. The Balaban J connectivity index is 1.58. The standard InChI is InChI=1S/C26H27FN2O5S/c1-16-3-5-17(6-4-16)18-7-9-19(10-8-18)20-11-12-28-25(13-20)35(32,33)29-23-15-22(27)21(26(30)31)14-24(23)34-2/h7-17,29H,3-6H2,1-2H3,(H,30,31). The summed E-state index contributed by atoms with van der Waals surface area (Å²) >= 11 is 0. The normalized spacial score (nSPS) is 18.1. The molecular weight excluding hydrogens is 471 g/mol. The highest BCUT2D eigenvalue weighted by Crippen LogP contribution is 2.36. The summed E-state index contributed by atoms with van der Waals surface area (Å²) in [5.74, 6) is -1.38. The van der Waals surface area contributed by atoms with Crippen LogP contribution in [-0.4, -0.2) is 31.6 Å². The molecule has 1 fully saturated rings. The zero-order chi connectivity index (χ0) is 25.2. The number of sulfonamides is 1. The van der Waals surface area contributed by atoms with Crippen molar-refractivity contribution in [2.45, 2.75) is 43.6 Å². The van der Waals surface area contributed by atoms with Crippen molar-refractivity contribution in [1.82, 2.24) is 4.98 Å². The molecule has 0 spiro atoms. The van der Waals surface area contributed by atoms with Crippen LogP contribution in [0.4, 0.5) is 10.1 Å². The predicted octanol–water partition coefficient (Wildman–Crippen LogP) is 5.69. The van der Waals surface area contributed by atoms with E-state index in [1.54, 1.807) is 6.07 Å². The maximum atomic E-state index is 14.2. The van der Waals surface area contributed by atoms with Crippen molar-refractivity contribution < 1.29 is 27.4 Å². The van der Waals surface area contributed by atoms with Crippen molar-refractivity contribution >= 4 is 21.7 Å². The van der Waals surface area contributed by atoms with Crippen molar-refractivity contribution in [3.63, 3.8) is 0 Å². The zero-order valence-corrected chi connectivity index (χ0v) is 20.3. The fourth-order valence-corrected chi connectivity index (χ4v) is 5.48. The molecule has 0 bridgehead atoms. The third-order valence-electron chi connectivity index (χ3n) is 6.51. The summed E-state index contributed by atoms with van der Waals surface area (Å²) in [6, 6.07) is 13.0. The number of pyridine rings is 1. The molecule has 1 saturated carbocycles. The molecule has 0 radical (unpaired) electrons. The summed E-state index contributed by atoms with van der Waals surface area (Å²) in [5.41, 5.74) is 1.96. The topological polar surface area (TPSA) is 106 Å². The minimum absolute atomic E-state index is 0.128. The Bertz CT molecular complexity index is 1330. The first-order valence-electron chi connectivity index (χ1n) is 11.4. The van der Waals surface area contributed by atoms with E-state index in [2.05, 4.69) is 28.8 Å². The third kappa shape index (κ3) is 5.45. The molecular formula is C26H27FN2O5S. The maximum Gasteiger partial charge on any atom is 0.338 e. The second kappa shape index (κ2) is 10.0. The third-order valence-corrected chi connectivity index (χ3v) is 7.77. The lowest BCUT2D eigenvalue weighted by Crippen LogP contribution is -2.16. The lowest BCUT2D eigenvalue weighted by molar-refractivity contribution is 0.0691. The number of benzene rings is 2. The zero-order valence-electron chi connectivity index (χ0n) is 19.5. The molecule has 0 atom stereocenters. The van der Waals surface area contributed by atoms with E-state index in [9.17, 15) is 17.6 Å². The molecule has 7 nitrogen and oxygen atoms in total. The first kappa shape index (κ1) is 24.7. The van der Waals surface area contributed by atoms with Crippen molar-refractivity contribution in [1.29, 1.82) is 0 Å². The maximum absolute atomic E-state index is 14.2. The summed E-state index contributed by atoms with van der Waals surface area (Å²) in [6.07, 6.45) is 6.23. The van der Waals surface area contributed by atoms with Crippen LogP contribution in [-0.2, 0) is 10.0 Å². The molecule has 184 valence electrons. The van der Waals surface area contributed by atoms with E-state index in [1.165, 1.54) is 50.6 Å². The fraction of sp³-hybridized carbons (Fsp3) is 0.308. The number of rotatable bonds is 7. The molecule has 2 N–H and O–H groups in total. The largest absolute Gasteiger partial charge is 0.495 e. The van der Waals surface area contributed by atoms with Crippen LogP contribution in [0.25, 0.3) is 11.1 Å². The Morgan fingerprint density at radius 1 is 1.06 bits per heavy atom. The molecule has 0 saturated heterocycles. The van der Waals surface area contributed by atoms with Gasteiger partial charge in [0, 0.05) is 12.3 Å². The van der Waals surface area contributed by atoms with Gasteiger partial charge in [0.25, 0.3) is 10.0 Å². The van der Waals surface area contributed by atoms with E-state index in [0.29, 0.717) is 11.5 Å². The van der Waals surface area contributed by atoms with Crippen LogP contribution in [0, 0.1) is 11.7 Å². The van der Waals surface area contributed by atoms with Crippen molar-refractivity contribution in [3.05, 3.63) is 71.7 Å². The van der Waals surface area contributed by atoms with Crippen LogP contribution in [0.15, 0.2) is 59.8 Å². The Morgan fingerprint density at radius 3 is 2.37 bits per heavy atom. The lowest BCUT2D eigenvalue weighted by atomic mass is 9.79. The van der Waals surface area contributed by atoms with Crippen molar-refractivity contribution in [3.8, 4) is 16.9 Å². The number of aromatic nitrogens is 1. The molecule has 1 aliphatic rings. The second-order valence-electron chi connectivity index (χ2n) is 8.90. The smallest absolute Gasteiger partial charge is 0.338 e. The van der Waals surface area contributed by atoms with Crippen LogP contribution in [0.2, 0.25) is 0 Å². The number of anilines is 1. The number of aromatic carboxylic acids is 1. The number of carboxylic acid groups (broad SMARTS) is 1. The van der Waals surface area contributed by atoms with Gasteiger partial charge in [-0.25, -0.2) is 14.2 Å². The SMILES string of the molecule is COc1cc(C(=O)O)c(F)cc1NS(=O)(=O)c1cc(-c2ccc(C3CCC(C)CC3)cc2)ccn1. The number of nitrogens with zero attached hydrogens (tertiary/aromatic N) is 1. The Hall–Kier alpha value is -3.46. The van der Waals surface area contributed by atoms with E-state index >= 15 is 0 Å². The van der Waals surface area contributed by atoms with Crippen molar-refractivity contribution in [2.24, 2.45) is 5.92 Å². The summed E-state index contributed by atoms with van der Waals surface area (Å²) in [7, 11) is -2.98. The van der Waals surface area contributed by atoms with Gasteiger partial charge in [-0.05, 0) is 59.6 Å². The molecule has 4 rings (SSSR count). The molecule has 9 heteroatoms. The summed E-state index contributed by atoms with van der Waals surface area (Å²) in [4.78, 5) is 15.1. The van der Waals surface area contributed by atoms with E-state index < -0.39 is 27.4 Å². The highest BCUT2D eigenvalue weighted by Gasteiger charge is 2.23. The van der Waals surface area contributed by atoms with Gasteiger partial charge in [-0.1, -0.05) is 44.0 Å². The molecule has 1 heterocycles. The Labute approximate surface area is 204 Å². The number of carbonyl (C=O) groups is 1. The van der Waals surface area contributed by atoms with Gasteiger partial charge in [0.15, 0.2) is 5.03 Å². The molecule has 1 aromatic heterocycles. The number of nitrogens with one attached hydrogen (secondary N) is 1. The number of ether oxygens (including phenoxy) is 1. The van der Waals surface area contributed by atoms with Crippen LogP contribution in [0.1, 0.15) is 54.4 Å². The molecule has 35 heavy (non-hydrogen) atoms. The number of hydrogen-bond donors (Lipinski definition) is 2. The Kier molecular flexibility index (Phi) is 7.07. The molecule has 3 aromatic rings. The Morgan fingerprint density at radius 2 is 1.74 bits per heavy atom. The van der Waals surface area contributed by atoms with Gasteiger partial charge >= 0.3 is 5.97 Å². The monoisotopic (exact) mass is 498 g/mol. The van der Waals surface area contributed by atoms with E-state index in [-0.39, 0.29) is 16.5 Å². The number of hydrogen-bond acceptors (Lipinski definition) is 5. The highest BCUT2D eigenvalue weighted by atomic mass is 32.2. The first-order chi connectivity index (χ1) is 16.7. The number of carboxylic acids is 1. The molecule has 1 aliphatic carbocycles. The van der Waals surface area contributed by atoms with Gasteiger partial charge in [-0.2, -0.15) is 8.42 Å². The van der Waals surface area contributed by atoms with E-state index in [1.807, 2.05) is 12.1 Å². The fourth-order valence-electron chi connectivity index (χ4n) is 4.44. The quantitative estimate of drug-likeness (QED) is 0.434. The van der Waals surface area contributed by atoms with Gasteiger partial charge < -0.3 is 9.84 Å². The predicted molar refractivity (Wildman–Crippen MR) is 131 cm³/mol. The van der Waals surface area contributed by atoms with Gasteiger partial charge in [0.05, 0.1) is 18.4 Å². The van der Waals surface area contributed by atoms with Crippen LogP contribution < -0.4 is 9.46 Å². The second-order valence-corrected chi connectivity index (χ2v) is 10.5. The highest BCUT2D eigenvalue weighted by molar-refractivity contribution is 7.92. The van der Waals surface area contributed by atoms with Crippen LogP contribution in [0.5, 0.6) is 5.75 Å². The summed E-state index contributed by atoms with van der Waals surface area (Å²) in [6.45, 7) is 2.29. The number of halogens is 1. The molecule has 0 unspecified atom stereocenters. The molecule has 0 aliphatic heterocycles. The molecule has 2 aromatic carbocycles. The van der Waals surface area contributed by atoms with Crippen molar-refractivity contribution in [2.75, 3.05) is 11.8 Å². The van der Waals surface area contributed by atoms with Gasteiger partial charge in [-0.15, -0.1) is 0 Å². The van der Waals surface area contributed by atoms with E-state index in [4.69, 9.17) is 9.84 Å². The minimum Gasteiger partial charge on any atom is -0.495 e. The van der Waals surface area contributed by atoms with Crippen LogP contribution >= 0.6 is 0 Å². The van der Waals surface area contributed by atoms with Crippen LogP contribution in [0.3, 0.4) is 0 Å². The van der Waals surface area contributed by atoms with Gasteiger partial charge in [0.2, 0.25) is 0 Å². The van der Waals surface area contributed by atoms with E-state index in [0.717, 1.165) is 23.6 Å². The minimum atomic E-state index is -4.21. The molecule has 0 amide bonds. The summed E-state index contributed by atoms with van der Waals surface area (Å²) < 4.78 is 47.5. The van der Waals surface area contributed by atoms with Gasteiger partial charge in [-0.3, -0.25) is 4.72 Å². The first-order valence-corrected chi connectivity index (χ1v) is 12.9. The lowest BCUT2D eigenvalue weighted by Gasteiger charge is -2.26. The number of methoxy groups -OCH3 is 1.